The van der Waals surface area contributed by atoms with Gasteiger partial charge in [-0.15, -0.1) is 16.8 Å². The monoisotopic (exact) mass is 268 g/mol. The van der Waals surface area contributed by atoms with E-state index < -0.39 is 0 Å². The Morgan fingerprint density at radius 3 is 2.83 bits per heavy atom. The second-order valence-electron chi connectivity index (χ2n) is 3.87. The Balaban J connectivity index is 3.23. The molecule has 1 N–H and O–H groups in total. The highest BCUT2D eigenvalue weighted by molar-refractivity contribution is 6.29. The third kappa shape index (κ3) is 3.23. The number of aryl methyl sites for hydroxylation is 2. The fourth-order valence-electron chi connectivity index (χ4n) is 1.90. The molecule has 1 aromatic rings. The summed E-state index contributed by atoms with van der Waals surface area (Å²) in [5, 5.41) is 11.5. The molecule has 0 aromatic heterocycles. The van der Waals surface area contributed by atoms with E-state index in [4.69, 9.17) is 16.8 Å². The number of hydrogen-bond acceptors (Lipinski definition) is 3. The van der Waals surface area contributed by atoms with Crippen molar-refractivity contribution in [3.63, 3.8) is 0 Å². The van der Waals surface area contributed by atoms with Gasteiger partial charge in [-0.3, -0.25) is 4.79 Å². The van der Waals surface area contributed by atoms with Crippen LogP contribution in [0.1, 0.15) is 18.1 Å². The third-order valence-electron chi connectivity index (χ3n) is 2.73. The fraction of sp³-hybridized carbons (Fsp3) is 0.385. The first-order valence-electron chi connectivity index (χ1n) is 5.76. The Morgan fingerprint density at radius 1 is 1.56 bits per heavy atom. The van der Waals surface area contributed by atoms with Gasteiger partial charge in [-0.1, -0.05) is 25.1 Å². The summed E-state index contributed by atoms with van der Waals surface area (Å²) in [7, 11) is 0. The van der Waals surface area contributed by atoms with Gasteiger partial charge in [0, 0.05) is 0 Å². The Hall–Kier alpha value is -1.55. The van der Waals surface area contributed by atoms with Gasteiger partial charge >= 0.3 is 0 Å². The van der Waals surface area contributed by atoms with E-state index in [1.165, 1.54) is 6.21 Å². The molecule has 0 aliphatic carbocycles. The van der Waals surface area contributed by atoms with E-state index in [1.54, 1.807) is 4.90 Å². The molecule has 0 bridgehead atoms. The van der Waals surface area contributed by atoms with Crippen LogP contribution >= 0.6 is 11.6 Å². The normalized spacial score (nSPS) is 10.8. The van der Waals surface area contributed by atoms with Gasteiger partial charge in [0.05, 0.1) is 18.4 Å². The summed E-state index contributed by atoms with van der Waals surface area (Å²) in [5.74, 6) is -0.308. The Kier molecular flexibility index (Phi) is 5.65. The number of amides is 1. The van der Waals surface area contributed by atoms with Crippen molar-refractivity contribution in [2.45, 2.75) is 20.3 Å². The molecule has 1 rings (SSSR count). The lowest BCUT2D eigenvalue weighted by Gasteiger charge is -2.24. The maximum atomic E-state index is 11.9. The van der Waals surface area contributed by atoms with Crippen LogP contribution in [-0.4, -0.2) is 29.8 Å². The zero-order valence-corrected chi connectivity index (χ0v) is 11.3. The summed E-state index contributed by atoms with van der Waals surface area (Å²) in [6, 6.07) is 5.88. The minimum absolute atomic E-state index is 0.100. The van der Waals surface area contributed by atoms with Gasteiger partial charge in [0.25, 0.3) is 0 Å². The lowest BCUT2D eigenvalue weighted by atomic mass is 10.0. The lowest BCUT2D eigenvalue weighted by Crippen LogP contribution is -2.35. The summed E-state index contributed by atoms with van der Waals surface area (Å²) in [6.07, 6.45) is 2.09. The van der Waals surface area contributed by atoms with Gasteiger partial charge in [-0.05, 0) is 24.5 Å². The molecule has 0 atom stereocenters. The van der Waals surface area contributed by atoms with Gasteiger partial charge in [-0.2, -0.15) is 0 Å². The van der Waals surface area contributed by atoms with Gasteiger partial charge < -0.3 is 10.1 Å². The zero-order valence-electron chi connectivity index (χ0n) is 10.6. The number of nitrogens with zero attached hydrogens (tertiary/aromatic N) is 2. The highest BCUT2D eigenvalue weighted by Gasteiger charge is 2.18. The highest BCUT2D eigenvalue weighted by Crippen LogP contribution is 2.25. The minimum atomic E-state index is -0.208. The van der Waals surface area contributed by atoms with E-state index in [1.807, 2.05) is 32.0 Å². The van der Waals surface area contributed by atoms with Crippen molar-refractivity contribution in [3.05, 3.63) is 29.3 Å². The van der Waals surface area contributed by atoms with Crippen LogP contribution in [0, 0.1) is 6.92 Å². The van der Waals surface area contributed by atoms with E-state index >= 15 is 0 Å². The Bertz CT molecular complexity index is 447. The quantitative estimate of drug-likeness (QED) is 0.386. The number of hydrogen-bond donors (Lipinski definition) is 1. The molecule has 1 amide bonds. The number of oxime groups is 1. The summed E-state index contributed by atoms with van der Waals surface area (Å²) < 4.78 is 0. The molecule has 0 aliphatic rings. The number of para-hydroxylation sites is 1. The standard InChI is InChI=1S/C13H17ClN2O2/c1-3-11-6-4-5-10(2)13(11)16(8-7-15-18)12(17)9-14/h4-7,18H,3,8-9H2,1-2H3. The van der Waals surface area contributed by atoms with Crippen molar-refractivity contribution in [1.82, 2.24) is 0 Å². The van der Waals surface area contributed by atoms with Crippen LogP contribution in [0.3, 0.4) is 0 Å². The average molecular weight is 269 g/mol. The lowest BCUT2D eigenvalue weighted by molar-refractivity contribution is -0.116. The van der Waals surface area contributed by atoms with Crippen LogP contribution < -0.4 is 4.90 Å². The predicted molar refractivity (Wildman–Crippen MR) is 73.9 cm³/mol. The van der Waals surface area contributed by atoms with Crippen molar-refractivity contribution in [2.75, 3.05) is 17.3 Å². The second kappa shape index (κ2) is 7.01. The minimum Gasteiger partial charge on any atom is -0.411 e. The molecule has 0 unspecified atom stereocenters. The summed E-state index contributed by atoms with van der Waals surface area (Å²) in [5.41, 5.74) is 2.92. The van der Waals surface area contributed by atoms with Crippen molar-refractivity contribution in [2.24, 2.45) is 5.16 Å². The zero-order chi connectivity index (χ0) is 13.5. The molecule has 4 nitrogen and oxygen atoms in total. The van der Waals surface area contributed by atoms with Gasteiger partial charge in [0.1, 0.15) is 5.88 Å². The van der Waals surface area contributed by atoms with Crippen LogP contribution in [0.2, 0.25) is 0 Å². The Labute approximate surface area is 112 Å². The van der Waals surface area contributed by atoms with Gasteiger partial charge in [0.15, 0.2) is 0 Å². The van der Waals surface area contributed by atoms with Crippen molar-refractivity contribution in [1.29, 1.82) is 0 Å². The number of rotatable bonds is 5. The van der Waals surface area contributed by atoms with E-state index in [9.17, 15) is 4.79 Å². The third-order valence-corrected chi connectivity index (χ3v) is 2.96. The van der Waals surface area contributed by atoms with Crippen LogP contribution in [0.15, 0.2) is 23.4 Å². The van der Waals surface area contributed by atoms with Crippen LogP contribution in [0.5, 0.6) is 0 Å². The summed E-state index contributed by atoms with van der Waals surface area (Å²) in [6.45, 7) is 4.18. The van der Waals surface area contributed by atoms with Crippen molar-refractivity contribution < 1.29 is 10.0 Å². The molecule has 0 spiro atoms. The number of carbonyl (C=O) groups is 1. The smallest absolute Gasteiger partial charge is 0.242 e. The second-order valence-corrected chi connectivity index (χ2v) is 4.14. The molecule has 0 fully saturated rings. The van der Waals surface area contributed by atoms with E-state index in [0.29, 0.717) is 0 Å². The Morgan fingerprint density at radius 2 is 2.28 bits per heavy atom. The number of anilines is 1. The molecule has 0 saturated heterocycles. The van der Waals surface area contributed by atoms with E-state index in [2.05, 4.69) is 5.16 Å². The SMILES string of the molecule is CCc1cccc(C)c1N(CC=NO)C(=O)CCl. The van der Waals surface area contributed by atoms with Crippen LogP contribution in [0.25, 0.3) is 0 Å². The number of alkyl halides is 1. The molecule has 0 heterocycles. The summed E-state index contributed by atoms with van der Waals surface area (Å²) in [4.78, 5) is 13.4. The number of halogens is 1. The molecule has 98 valence electrons. The van der Waals surface area contributed by atoms with Gasteiger partial charge in [0.2, 0.25) is 5.91 Å². The van der Waals surface area contributed by atoms with Crippen LogP contribution in [0.4, 0.5) is 5.69 Å². The van der Waals surface area contributed by atoms with Crippen LogP contribution in [-0.2, 0) is 11.2 Å². The average Bonchev–Trinajstić information content (AvgIpc) is 2.39. The fourth-order valence-corrected chi connectivity index (χ4v) is 2.04. The highest BCUT2D eigenvalue weighted by atomic mass is 35.5. The topological polar surface area (TPSA) is 52.9 Å². The number of carbonyl (C=O) groups excluding carboxylic acids is 1. The maximum Gasteiger partial charge on any atom is 0.242 e. The molecular formula is C13H17ClN2O2. The summed E-state index contributed by atoms with van der Waals surface area (Å²) >= 11 is 5.63. The first-order valence-corrected chi connectivity index (χ1v) is 6.29. The first kappa shape index (κ1) is 14.5. The largest absolute Gasteiger partial charge is 0.411 e. The molecule has 18 heavy (non-hydrogen) atoms. The van der Waals surface area contributed by atoms with E-state index in [-0.39, 0.29) is 18.3 Å². The molecule has 0 aliphatic heterocycles. The molecular weight excluding hydrogens is 252 g/mol. The first-order chi connectivity index (χ1) is 8.65. The molecule has 5 heteroatoms. The predicted octanol–water partition coefficient (Wildman–Crippen LogP) is 2.59. The van der Waals surface area contributed by atoms with Gasteiger partial charge in [-0.25, -0.2) is 0 Å². The molecule has 1 aromatic carbocycles. The van der Waals surface area contributed by atoms with E-state index in [0.717, 1.165) is 23.2 Å². The molecule has 0 radical (unpaired) electrons. The number of benzene rings is 1. The maximum absolute atomic E-state index is 11.9. The van der Waals surface area contributed by atoms with Crippen molar-refractivity contribution in [3.8, 4) is 0 Å². The van der Waals surface area contributed by atoms with Crippen molar-refractivity contribution >= 4 is 29.4 Å². The molecule has 0 saturated carbocycles.